The first kappa shape index (κ1) is 20.8. The lowest BCUT2D eigenvalue weighted by Gasteiger charge is -2.11. The average molecular weight is 441 g/mol. The van der Waals surface area contributed by atoms with E-state index < -0.39 is 0 Å². The number of nitrogens with zero attached hydrogens (tertiary/aromatic N) is 4. The molecule has 0 unspecified atom stereocenters. The van der Waals surface area contributed by atoms with E-state index in [1.54, 1.807) is 29.5 Å². The van der Waals surface area contributed by atoms with Gasteiger partial charge in [-0.15, -0.1) is 0 Å². The topological polar surface area (TPSA) is 70.6 Å². The largest absolute Gasteiger partial charge is 0.493 e. The van der Waals surface area contributed by atoms with Crippen molar-refractivity contribution in [3.8, 4) is 22.6 Å². The predicted octanol–water partition coefficient (Wildman–Crippen LogP) is 4.28. The zero-order valence-electron chi connectivity index (χ0n) is 18.8. The van der Waals surface area contributed by atoms with E-state index in [9.17, 15) is 4.79 Å². The van der Waals surface area contributed by atoms with Gasteiger partial charge < -0.3 is 14.0 Å². The van der Waals surface area contributed by atoms with Gasteiger partial charge in [-0.3, -0.25) is 4.79 Å². The van der Waals surface area contributed by atoms with Gasteiger partial charge >= 0.3 is 0 Å². The number of pyridine rings is 1. The van der Waals surface area contributed by atoms with Crippen molar-refractivity contribution in [2.75, 3.05) is 14.2 Å². The molecule has 0 aliphatic carbocycles. The van der Waals surface area contributed by atoms with Crippen molar-refractivity contribution in [2.24, 2.45) is 0 Å². The zero-order valence-corrected chi connectivity index (χ0v) is 18.8. The van der Waals surface area contributed by atoms with Crippen molar-refractivity contribution in [1.82, 2.24) is 19.2 Å². The van der Waals surface area contributed by atoms with E-state index in [1.807, 2.05) is 67.7 Å². The second kappa shape index (κ2) is 8.43. The smallest absolute Gasteiger partial charge is 0.261 e. The number of rotatable bonds is 6. The number of methoxy groups -OCH3 is 2. The number of ether oxygens (including phenoxy) is 2. The summed E-state index contributed by atoms with van der Waals surface area (Å²) in [6.07, 6.45) is 4.16. The van der Waals surface area contributed by atoms with E-state index in [1.165, 1.54) is 0 Å². The van der Waals surface area contributed by atoms with Crippen molar-refractivity contribution in [3.63, 3.8) is 0 Å². The molecule has 0 aliphatic rings. The summed E-state index contributed by atoms with van der Waals surface area (Å²) >= 11 is 0. The molecule has 2 aromatic carbocycles. The molecule has 0 N–H and O–H groups in total. The van der Waals surface area contributed by atoms with Gasteiger partial charge in [0.15, 0.2) is 17.1 Å². The lowest BCUT2D eigenvalue weighted by molar-refractivity contribution is 0.354. The number of hydrogen-bond donors (Lipinski definition) is 0. The Morgan fingerprint density at radius 1 is 0.970 bits per heavy atom. The molecule has 0 aliphatic heterocycles. The molecule has 3 aromatic heterocycles. The Labute approximate surface area is 190 Å². The molecule has 0 atom stereocenters. The fourth-order valence-corrected chi connectivity index (χ4v) is 4.22. The third-order valence-corrected chi connectivity index (χ3v) is 5.91. The molecule has 33 heavy (non-hydrogen) atoms. The highest BCUT2D eigenvalue weighted by Crippen LogP contribution is 2.29. The highest BCUT2D eigenvalue weighted by Gasteiger charge is 2.16. The number of benzene rings is 2. The maximum Gasteiger partial charge on any atom is 0.261 e. The van der Waals surface area contributed by atoms with E-state index in [4.69, 9.17) is 14.6 Å². The van der Waals surface area contributed by atoms with Gasteiger partial charge in [0.05, 0.1) is 30.8 Å². The maximum atomic E-state index is 13.2. The molecular formula is C26H24N4O3. The van der Waals surface area contributed by atoms with E-state index in [0.717, 1.165) is 33.5 Å². The monoisotopic (exact) mass is 440 g/mol. The second-order valence-electron chi connectivity index (χ2n) is 7.87. The van der Waals surface area contributed by atoms with Crippen LogP contribution in [0.25, 0.3) is 27.7 Å². The Morgan fingerprint density at radius 2 is 1.76 bits per heavy atom. The minimum atomic E-state index is -0.0863. The molecule has 0 saturated carbocycles. The minimum Gasteiger partial charge on any atom is -0.493 e. The molecule has 7 heteroatoms. The van der Waals surface area contributed by atoms with Crippen molar-refractivity contribution < 1.29 is 9.47 Å². The molecule has 0 fully saturated rings. The predicted molar refractivity (Wildman–Crippen MR) is 128 cm³/mol. The molecule has 5 aromatic rings. The third-order valence-electron chi connectivity index (χ3n) is 5.91. The molecule has 3 heterocycles. The summed E-state index contributed by atoms with van der Waals surface area (Å²) in [5.41, 5.74) is 5.38. The zero-order chi connectivity index (χ0) is 22.9. The Kier molecular flexibility index (Phi) is 5.30. The highest BCUT2D eigenvalue weighted by atomic mass is 16.5. The Morgan fingerprint density at radius 3 is 2.52 bits per heavy atom. The van der Waals surface area contributed by atoms with Crippen molar-refractivity contribution in [3.05, 3.63) is 88.6 Å². The fourth-order valence-electron chi connectivity index (χ4n) is 4.22. The van der Waals surface area contributed by atoms with Crippen LogP contribution in [0.4, 0.5) is 0 Å². The SMILES string of the molecule is COc1ccc(CCn2ccc3c(cnc4c(-c5ccccc5)c(C)nn43)c2=O)cc1OC. The van der Waals surface area contributed by atoms with Gasteiger partial charge in [0, 0.05) is 24.5 Å². The first-order valence-electron chi connectivity index (χ1n) is 10.7. The Balaban J connectivity index is 1.51. The normalized spacial score (nSPS) is 11.2. The molecule has 0 saturated heterocycles. The average Bonchev–Trinajstić information content (AvgIpc) is 3.20. The van der Waals surface area contributed by atoms with Gasteiger partial charge in [-0.2, -0.15) is 5.10 Å². The quantitative estimate of drug-likeness (QED) is 0.394. The first-order valence-corrected chi connectivity index (χ1v) is 10.7. The standard InChI is InChI=1S/C26H24N4O3/c1-17-24(19-7-5-4-6-8-19)25-27-16-20-21(30(25)28-17)12-14-29(26(20)31)13-11-18-9-10-22(32-2)23(15-18)33-3/h4-10,12,14-16H,11,13H2,1-3H3. The van der Waals surface area contributed by atoms with Crippen LogP contribution in [-0.4, -0.2) is 33.4 Å². The van der Waals surface area contributed by atoms with Crippen LogP contribution in [-0.2, 0) is 13.0 Å². The van der Waals surface area contributed by atoms with Crippen LogP contribution in [0.2, 0.25) is 0 Å². The summed E-state index contributed by atoms with van der Waals surface area (Å²) in [7, 11) is 3.23. The van der Waals surface area contributed by atoms with Crippen LogP contribution in [0.15, 0.2) is 71.8 Å². The lowest BCUT2D eigenvalue weighted by Crippen LogP contribution is -2.21. The van der Waals surface area contributed by atoms with Gasteiger partial charge in [0.1, 0.15) is 0 Å². The molecule has 0 spiro atoms. The van der Waals surface area contributed by atoms with E-state index >= 15 is 0 Å². The summed E-state index contributed by atoms with van der Waals surface area (Å²) in [4.78, 5) is 17.8. The van der Waals surface area contributed by atoms with Crippen molar-refractivity contribution in [1.29, 1.82) is 0 Å². The van der Waals surface area contributed by atoms with Gasteiger partial charge in [-0.1, -0.05) is 36.4 Å². The second-order valence-corrected chi connectivity index (χ2v) is 7.87. The number of aryl methyl sites for hydroxylation is 3. The summed E-state index contributed by atoms with van der Waals surface area (Å²) in [6.45, 7) is 2.50. The fraction of sp³-hybridized carbons (Fsp3) is 0.192. The van der Waals surface area contributed by atoms with Crippen LogP contribution >= 0.6 is 0 Å². The van der Waals surface area contributed by atoms with Crippen LogP contribution in [0.3, 0.4) is 0 Å². The van der Waals surface area contributed by atoms with Gasteiger partial charge in [0.2, 0.25) is 0 Å². The van der Waals surface area contributed by atoms with Crippen LogP contribution in [0.5, 0.6) is 11.5 Å². The number of aromatic nitrogens is 4. The minimum absolute atomic E-state index is 0.0863. The molecule has 0 amide bonds. The molecule has 0 bridgehead atoms. The Bertz CT molecular complexity index is 1520. The summed E-state index contributed by atoms with van der Waals surface area (Å²) in [6, 6.07) is 17.8. The van der Waals surface area contributed by atoms with E-state index in [0.29, 0.717) is 29.9 Å². The first-order chi connectivity index (χ1) is 16.1. The summed E-state index contributed by atoms with van der Waals surface area (Å²) in [5.74, 6) is 1.36. The number of hydrogen-bond acceptors (Lipinski definition) is 5. The van der Waals surface area contributed by atoms with Crippen molar-refractivity contribution in [2.45, 2.75) is 19.9 Å². The summed E-state index contributed by atoms with van der Waals surface area (Å²) in [5, 5.41) is 5.24. The van der Waals surface area contributed by atoms with E-state index in [-0.39, 0.29) is 5.56 Å². The number of fused-ring (bicyclic) bond motifs is 3. The lowest BCUT2D eigenvalue weighted by atomic mass is 10.1. The highest BCUT2D eigenvalue weighted by molar-refractivity contribution is 5.86. The molecule has 7 nitrogen and oxygen atoms in total. The Hall–Kier alpha value is -4.13. The van der Waals surface area contributed by atoms with E-state index in [2.05, 4.69) is 4.98 Å². The van der Waals surface area contributed by atoms with Gasteiger partial charge in [0.25, 0.3) is 5.56 Å². The van der Waals surface area contributed by atoms with Gasteiger partial charge in [-0.25, -0.2) is 9.50 Å². The molecular weight excluding hydrogens is 416 g/mol. The van der Waals surface area contributed by atoms with Gasteiger partial charge in [-0.05, 0) is 42.7 Å². The van der Waals surface area contributed by atoms with Crippen LogP contribution in [0, 0.1) is 6.92 Å². The van der Waals surface area contributed by atoms with Crippen molar-refractivity contribution >= 4 is 16.6 Å². The molecule has 0 radical (unpaired) electrons. The third kappa shape index (κ3) is 3.61. The molecule has 166 valence electrons. The molecule has 5 rings (SSSR count). The summed E-state index contributed by atoms with van der Waals surface area (Å²) < 4.78 is 14.2. The van der Waals surface area contributed by atoms with Crippen LogP contribution in [0.1, 0.15) is 11.3 Å². The van der Waals surface area contributed by atoms with Crippen LogP contribution < -0.4 is 15.0 Å². The maximum absolute atomic E-state index is 13.2.